The number of rotatable bonds is 4. The van der Waals surface area contributed by atoms with Crippen LogP contribution in [0.5, 0.6) is 11.5 Å². The Hall–Kier alpha value is -2.10. The maximum absolute atomic E-state index is 12.8. The molecule has 0 saturated carbocycles. The van der Waals surface area contributed by atoms with E-state index in [1.54, 1.807) is 6.07 Å². The van der Waals surface area contributed by atoms with Crippen LogP contribution in [0.25, 0.3) is 0 Å². The van der Waals surface area contributed by atoms with Gasteiger partial charge in [-0.2, -0.15) is 0 Å². The van der Waals surface area contributed by atoms with Crippen LogP contribution in [0.4, 0.5) is 5.69 Å². The van der Waals surface area contributed by atoms with Crippen LogP contribution in [0.1, 0.15) is 12.0 Å². The fourth-order valence-corrected chi connectivity index (χ4v) is 4.02. The number of fused-ring (bicyclic) bond motifs is 1. The molecule has 1 atom stereocenters. The van der Waals surface area contributed by atoms with Crippen LogP contribution in [0.3, 0.4) is 0 Å². The summed E-state index contributed by atoms with van der Waals surface area (Å²) in [5.74, 6) is 0.756. The number of nitro groups is 1. The molecule has 2 fully saturated rings. The van der Waals surface area contributed by atoms with Gasteiger partial charge in [-0.25, -0.2) is 0 Å². The first-order valence-corrected chi connectivity index (χ1v) is 9.41. The number of nitrogens with one attached hydrogen (secondary N) is 1. The van der Waals surface area contributed by atoms with Crippen molar-refractivity contribution in [3.63, 3.8) is 0 Å². The van der Waals surface area contributed by atoms with Crippen molar-refractivity contribution in [1.29, 1.82) is 0 Å². The Morgan fingerprint density at radius 2 is 1.86 bits per heavy atom. The van der Waals surface area contributed by atoms with Crippen LogP contribution < -0.4 is 14.8 Å². The van der Waals surface area contributed by atoms with Gasteiger partial charge in [0.1, 0.15) is 13.2 Å². The van der Waals surface area contributed by atoms with E-state index in [2.05, 4.69) is 10.2 Å². The van der Waals surface area contributed by atoms with E-state index in [0.29, 0.717) is 49.4 Å². The maximum Gasteiger partial charge on any atom is 0.277 e. The van der Waals surface area contributed by atoms with Gasteiger partial charge in [-0.05, 0) is 12.5 Å². The number of benzene rings is 1. The molecule has 0 aromatic heterocycles. The number of carbonyl (C=O) groups is 1. The molecule has 4 rings (SSSR count). The summed E-state index contributed by atoms with van der Waals surface area (Å²) in [6.45, 7) is 6.12. The molecule has 28 heavy (non-hydrogen) atoms. The molecule has 0 aliphatic carbocycles. The molecule has 2 saturated heterocycles. The second kappa shape index (κ2) is 8.93. The van der Waals surface area contributed by atoms with E-state index >= 15 is 0 Å². The van der Waals surface area contributed by atoms with Gasteiger partial charge < -0.3 is 19.7 Å². The Morgan fingerprint density at radius 1 is 1.18 bits per heavy atom. The van der Waals surface area contributed by atoms with Crippen LogP contribution in [-0.4, -0.2) is 79.2 Å². The van der Waals surface area contributed by atoms with Gasteiger partial charge in [0.25, 0.3) is 5.69 Å². The minimum absolute atomic E-state index is 0. The lowest BCUT2D eigenvalue weighted by atomic mass is 10.1. The first-order chi connectivity index (χ1) is 13.1. The van der Waals surface area contributed by atoms with Crippen molar-refractivity contribution in [3.05, 3.63) is 27.8 Å². The molecule has 3 aliphatic heterocycles. The molecule has 0 radical (unpaired) electrons. The number of hydrogen-bond acceptors (Lipinski definition) is 7. The summed E-state index contributed by atoms with van der Waals surface area (Å²) < 4.78 is 10.9. The Morgan fingerprint density at radius 3 is 2.54 bits per heavy atom. The lowest BCUT2D eigenvalue weighted by molar-refractivity contribution is -0.385. The van der Waals surface area contributed by atoms with Crippen molar-refractivity contribution in [1.82, 2.24) is 15.1 Å². The largest absolute Gasteiger partial charge is 0.486 e. The normalized spacial score (nSPS) is 21.9. The Labute approximate surface area is 169 Å². The Kier molecular flexibility index (Phi) is 6.58. The number of amides is 1. The number of carbonyl (C=O) groups excluding carboxylic acids is 1. The molecule has 1 aromatic carbocycles. The fraction of sp³-hybridized carbons (Fsp3) is 0.611. The highest BCUT2D eigenvalue weighted by molar-refractivity contribution is 5.85. The van der Waals surface area contributed by atoms with E-state index in [9.17, 15) is 14.9 Å². The number of hydrogen-bond donors (Lipinski definition) is 1. The molecule has 0 bridgehead atoms. The molecule has 1 aromatic rings. The lowest BCUT2D eigenvalue weighted by Gasteiger charge is -2.32. The zero-order valence-electron chi connectivity index (χ0n) is 15.6. The first-order valence-electron chi connectivity index (χ1n) is 9.41. The summed E-state index contributed by atoms with van der Waals surface area (Å²) in [4.78, 5) is 28.0. The summed E-state index contributed by atoms with van der Waals surface area (Å²) in [7, 11) is 0. The number of likely N-dealkylation sites (tertiary alicyclic amines) is 1. The third kappa shape index (κ3) is 4.31. The monoisotopic (exact) mass is 412 g/mol. The van der Waals surface area contributed by atoms with Gasteiger partial charge in [0.05, 0.1) is 17.4 Å². The second-order valence-electron chi connectivity index (χ2n) is 7.13. The molecule has 9 nitrogen and oxygen atoms in total. The predicted molar refractivity (Wildman–Crippen MR) is 104 cm³/mol. The standard InChI is InChI=1S/C18H24N4O5.ClH/c23-18(21-4-1-14(12-21)20-5-2-19-3-6-20)10-13-9-16-17(27-8-7-26-16)11-15(13)22(24)25;/h9,11,14,19H,1-8,10,12H2;1H. The van der Waals surface area contributed by atoms with Gasteiger partial charge in [0, 0.05) is 50.9 Å². The molecule has 3 heterocycles. The molecular formula is C18H25ClN4O5. The zero-order valence-corrected chi connectivity index (χ0v) is 16.4. The minimum Gasteiger partial charge on any atom is -0.486 e. The van der Waals surface area contributed by atoms with Crippen molar-refractivity contribution in [2.75, 3.05) is 52.5 Å². The highest BCUT2D eigenvalue weighted by Crippen LogP contribution is 2.37. The smallest absolute Gasteiger partial charge is 0.277 e. The van der Waals surface area contributed by atoms with Crippen molar-refractivity contribution in [3.8, 4) is 11.5 Å². The predicted octanol–water partition coefficient (Wildman–Crippen LogP) is 0.836. The number of ether oxygens (including phenoxy) is 2. The third-order valence-corrected chi connectivity index (χ3v) is 5.47. The van der Waals surface area contributed by atoms with Gasteiger partial charge in [0.2, 0.25) is 5.91 Å². The molecular weight excluding hydrogens is 388 g/mol. The average Bonchev–Trinajstić information content (AvgIpc) is 3.18. The van der Waals surface area contributed by atoms with Crippen LogP contribution in [0.15, 0.2) is 12.1 Å². The van der Waals surface area contributed by atoms with Crippen molar-refractivity contribution < 1.29 is 19.2 Å². The number of piperazine rings is 1. The van der Waals surface area contributed by atoms with Crippen molar-refractivity contribution in [2.24, 2.45) is 0 Å². The minimum atomic E-state index is -0.464. The van der Waals surface area contributed by atoms with Crippen molar-refractivity contribution in [2.45, 2.75) is 18.9 Å². The SMILES string of the molecule is Cl.O=C(Cc1cc2c(cc1[N+](=O)[O-])OCCO2)N1CCC(N2CCNCC2)C1. The van der Waals surface area contributed by atoms with Crippen LogP contribution in [0.2, 0.25) is 0 Å². The van der Waals surface area contributed by atoms with Crippen LogP contribution >= 0.6 is 12.4 Å². The molecule has 3 aliphatic rings. The fourth-order valence-electron chi connectivity index (χ4n) is 4.02. The highest BCUT2D eigenvalue weighted by Gasteiger charge is 2.32. The molecule has 0 spiro atoms. The second-order valence-corrected chi connectivity index (χ2v) is 7.13. The van der Waals surface area contributed by atoms with E-state index < -0.39 is 4.92 Å². The zero-order chi connectivity index (χ0) is 18.8. The Balaban J connectivity index is 0.00000225. The lowest BCUT2D eigenvalue weighted by Crippen LogP contribution is -2.49. The third-order valence-electron chi connectivity index (χ3n) is 5.47. The summed E-state index contributed by atoms with van der Waals surface area (Å²) in [6, 6.07) is 3.32. The first kappa shape index (κ1) is 20.6. The molecule has 1 N–H and O–H groups in total. The van der Waals surface area contributed by atoms with Gasteiger partial charge in [-0.15, -0.1) is 12.4 Å². The van der Waals surface area contributed by atoms with E-state index in [4.69, 9.17) is 9.47 Å². The van der Waals surface area contributed by atoms with Crippen LogP contribution in [-0.2, 0) is 11.2 Å². The Bertz CT molecular complexity index is 741. The van der Waals surface area contributed by atoms with E-state index in [0.717, 1.165) is 32.6 Å². The van der Waals surface area contributed by atoms with E-state index in [1.165, 1.54) is 6.07 Å². The molecule has 154 valence electrons. The number of halogens is 1. The summed E-state index contributed by atoms with van der Waals surface area (Å²) in [5, 5.41) is 14.8. The maximum atomic E-state index is 12.8. The van der Waals surface area contributed by atoms with Gasteiger partial charge >= 0.3 is 0 Å². The van der Waals surface area contributed by atoms with Gasteiger partial charge in [-0.1, -0.05) is 0 Å². The highest BCUT2D eigenvalue weighted by atomic mass is 35.5. The van der Waals surface area contributed by atoms with Gasteiger partial charge in [-0.3, -0.25) is 19.8 Å². The topological polar surface area (TPSA) is 97.2 Å². The molecule has 10 heteroatoms. The summed E-state index contributed by atoms with van der Waals surface area (Å²) in [6.07, 6.45) is 0.955. The molecule has 1 unspecified atom stereocenters. The van der Waals surface area contributed by atoms with E-state index in [-0.39, 0.29) is 30.4 Å². The van der Waals surface area contributed by atoms with Crippen molar-refractivity contribution >= 4 is 24.0 Å². The van der Waals surface area contributed by atoms with E-state index in [1.807, 2.05) is 4.90 Å². The summed E-state index contributed by atoms with van der Waals surface area (Å²) >= 11 is 0. The van der Waals surface area contributed by atoms with Crippen LogP contribution in [0, 0.1) is 10.1 Å². The number of nitrogens with zero attached hydrogens (tertiary/aromatic N) is 3. The van der Waals surface area contributed by atoms with Gasteiger partial charge in [0.15, 0.2) is 11.5 Å². The quantitative estimate of drug-likeness (QED) is 0.578. The summed E-state index contributed by atoms with van der Waals surface area (Å²) in [5.41, 5.74) is 0.283. The average molecular weight is 413 g/mol. The molecule has 1 amide bonds. The number of nitro benzene ring substituents is 1.